The molecule has 1 N–H and O–H groups in total. The molecule has 0 bridgehead atoms. The van der Waals surface area contributed by atoms with Gasteiger partial charge in [0.25, 0.3) is 5.91 Å². The Morgan fingerprint density at radius 1 is 1.58 bits per heavy atom. The minimum absolute atomic E-state index is 0.239. The molecule has 2 unspecified atom stereocenters. The van der Waals surface area contributed by atoms with Gasteiger partial charge in [0.2, 0.25) is 0 Å². The first-order valence-corrected chi connectivity index (χ1v) is 6.50. The van der Waals surface area contributed by atoms with Crippen LogP contribution in [0.5, 0.6) is 0 Å². The van der Waals surface area contributed by atoms with Crippen LogP contribution in [0.3, 0.4) is 0 Å². The number of carbonyl (C=O) groups excluding carboxylic acids is 1. The number of rotatable bonds is 3. The molecule has 1 amide bonds. The fraction of sp³-hybridized carbons (Fsp3) is 0.615. The van der Waals surface area contributed by atoms with Crippen LogP contribution in [0.2, 0.25) is 0 Å². The van der Waals surface area contributed by atoms with Crippen molar-refractivity contribution in [3.05, 3.63) is 17.8 Å². The molecular formula is C13H18N2O4. The number of carboxylic acid groups (broad SMARTS) is 1. The Labute approximate surface area is 111 Å². The zero-order valence-corrected chi connectivity index (χ0v) is 11.1. The Morgan fingerprint density at radius 2 is 2.32 bits per heavy atom. The molecule has 1 aliphatic rings. The molecule has 1 aromatic heterocycles. The summed E-state index contributed by atoms with van der Waals surface area (Å²) < 4.78 is 5.14. The van der Waals surface area contributed by atoms with E-state index in [-0.39, 0.29) is 11.6 Å². The van der Waals surface area contributed by atoms with E-state index in [1.807, 2.05) is 13.8 Å². The molecule has 0 aromatic carbocycles. The second-order valence-corrected chi connectivity index (χ2v) is 4.96. The number of aryl methyl sites for hydroxylation is 1. The third kappa shape index (κ3) is 2.62. The molecule has 6 heteroatoms. The van der Waals surface area contributed by atoms with Gasteiger partial charge in [-0.1, -0.05) is 13.8 Å². The van der Waals surface area contributed by atoms with E-state index in [0.717, 1.165) is 6.42 Å². The van der Waals surface area contributed by atoms with Gasteiger partial charge in [0.1, 0.15) is 11.8 Å². The fourth-order valence-corrected chi connectivity index (χ4v) is 2.45. The molecule has 1 saturated heterocycles. The molecule has 104 valence electrons. The van der Waals surface area contributed by atoms with Crippen LogP contribution < -0.4 is 0 Å². The predicted octanol–water partition coefficient (Wildman–Crippen LogP) is 1.56. The van der Waals surface area contributed by atoms with Crippen LogP contribution in [0, 0.1) is 5.92 Å². The van der Waals surface area contributed by atoms with Crippen molar-refractivity contribution in [3.8, 4) is 0 Å². The van der Waals surface area contributed by atoms with Crippen molar-refractivity contribution in [1.82, 2.24) is 9.88 Å². The molecule has 2 atom stereocenters. The standard InChI is InChI=1S/C13H18N2O4/c1-3-10-11(14-7-19-10)12(16)15-5-4-8(2)6-9(15)13(17)18/h7-9H,3-6H2,1-2H3,(H,17,18). The summed E-state index contributed by atoms with van der Waals surface area (Å²) >= 11 is 0. The summed E-state index contributed by atoms with van der Waals surface area (Å²) in [5, 5.41) is 9.26. The Balaban J connectivity index is 2.24. The van der Waals surface area contributed by atoms with Crippen LogP contribution >= 0.6 is 0 Å². The number of aromatic nitrogens is 1. The third-order valence-corrected chi connectivity index (χ3v) is 3.58. The fourth-order valence-electron chi connectivity index (χ4n) is 2.45. The van der Waals surface area contributed by atoms with E-state index in [2.05, 4.69) is 4.98 Å². The molecule has 1 aromatic rings. The maximum Gasteiger partial charge on any atom is 0.326 e. The molecule has 6 nitrogen and oxygen atoms in total. The molecule has 1 aliphatic heterocycles. The smallest absolute Gasteiger partial charge is 0.326 e. The van der Waals surface area contributed by atoms with Gasteiger partial charge in [-0.15, -0.1) is 0 Å². The lowest BCUT2D eigenvalue weighted by atomic mass is 9.92. The van der Waals surface area contributed by atoms with Crippen molar-refractivity contribution in [3.63, 3.8) is 0 Å². The Hall–Kier alpha value is -1.85. The highest BCUT2D eigenvalue weighted by Gasteiger charge is 2.36. The Bertz CT molecular complexity index is 483. The van der Waals surface area contributed by atoms with Gasteiger partial charge in [0, 0.05) is 13.0 Å². The van der Waals surface area contributed by atoms with Crippen molar-refractivity contribution in [1.29, 1.82) is 0 Å². The predicted molar refractivity (Wildman–Crippen MR) is 66.7 cm³/mol. The van der Waals surface area contributed by atoms with E-state index in [1.54, 1.807) is 0 Å². The SMILES string of the molecule is CCc1ocnc1C(=O)N1CCC(C)CC1C(=O)O. The molecule has 1 fully saturated rings. The number of carboxylic acids is 1. The maximum atomic E-state index is 12.4. The van der Waals surface area contributed by atoms with E-state index in [9.17, 15) is 14.7 Å². The van der Waals surface area contributed by atoms with Crippen LogP contribution in [0.15, 0.2) is 10.8 Å². The molecule has 0 spiro atoms. The monoisotopic (exact) mass is 266 g/mol. The van der Waals surface area contributed by atoms with Crippen LogP contribution in [0.25, 0.3) is 0 Å². The molecule has 0 saturated carbocycles. The first-order chi connectivity index (χ1) is 9.04. The summed E-state index contributed by atoms with van der Waals surface area (Å²) in [5.74, 6) is -0.479. The summed E-state index contributed by atoms with van der Waals surface area (Å²) in [5.41, 5.74) is 0.239. The minimum Gasteiger partial charge on any atom is -0.480 e. The van der Waals surface area contributed by atoms with E-state index < -0.39 is 12.0 Å². The molecular weight excluding hydrogens is 248 g/mol. The van der Waals surface area contributed by atoms with Gasteiger partial charge in [0.05, 0.1) is 0 Å². The number of carbonyl (C=O) groups is 2. The number of oxazole rings is 1. The van der Waals surface area contributed by atoms with E-state index in [4.69, 9.17) is 4.42 Å². The number of amides is 1. The average molecular weight is 266 g/mol. The van der Waals surface area contributed by atoms with Crippen LogP contribution in [-0.4, -0.2) is 39.5 Å². The summed E-state index contributed by atoms with van der Waals surface area (Å²) in [6.07, 6.45) is 3.09. The third-order valence-electron chi connectivity index (χ3n) is 3.58. The Kier molecular flexibility index (Phi) is 3.87. The number of likely N-dealkylation sites (tertiary alicyclic amines) is 1. The number of hydrogen-bond donors (Lipinski definition) is 1. The van der Waals surface area contributed by atoms with Crippen LogP contribution in [0.1, 0.15) is 42.9 Å². The van der Waals surface area contributed by atoms with Gasteiger partial charge < -0.3 is 14.4 Å². The zero-order chi connectivity index (χ0) is 14.0. The number of piperidine rings is 1. The summed E-state index contributed by atoms with van der Waals surface area (Å²) in [6, 6.07) is -0.766. The molecule has 2 rings (SSSR count). The van der Waals surface area contributed by atoms with Crippen molar-refractivity contribution < 1.29 is 19.1 Å². The molecule has 19 heavy (non-hydrogen) atoms. The second kappa shape index (κ2) is 5.42. The van der Waals surface area contributed by atoms with Gasteiger partial charge >= 0.3 is 5.97 Å². The van der Waals surface area contributed by atoms with E-state index >= 15 is 0 Å². The number of hydrogen-bond acceptors (Lipinski definition) is 4. The summed E-state index contributed by atoms with van der Waals surface area (Å²) in [7, 11) is 0. The topological polar surface area (TPSA) is 83.6 Å². The van der Waals surface area contributed by atoms with Crippen LogP contribution in [0.4, 0.5) is 0 Å². The lowest BCUT2D eigenvalue weighted by molar-refractivity contribution is -0.144. The first-order valence-electron chi connectivity index (χ1n) is 6.50. The Morgan fingerprint density at radius 3 is 2.95 bits per heavy atom. The largest absolute Gasteiger partial charge is 0.480 e. The van der Waals surface area contributed by atoms with Gasteiger partial charge in [-0.05, 0) is 18.8 Å². The van der Waals surface area contributed by atoms with Crippen molar-refractivity contribution in [2.45, 2.75) is 39.2 Å². The van der Waals surface area contributed by atoms with Crippen molar-refractivity contribution in [2.75, 3.05) is 6.54 Å². The van der Waals surface area contributed by atoms with Gasteiger partial charge in [-0.25, -0.2) is 9.78 Å². The highest BCUT2D eigenvalue weighted by molar-refractivity contribution is 5.95. The van der Waals surface area contributed by atoms with E-state index in [0.29, 0.717) is 31.1 Å². The van der Waals surface area contributed by atoms with Crippen molar-refractivity contribution >= 4 is 11.9 Å². The maximum absolute atomic E-state index is 12.4. The lowest BCUT2D eigenvalue weighted by Crippen LogP contribution is -2.50. The molecule has 0 aliphatic carbocycles. The molecule has 2 heterocycles. The highest BCUT2D eigenvalue weighted by atomic mass is 16.4. The second-order valence-electron chi connectivity index (χ2n) is 4.96. The molecule has 0 radical (unpaired) electrons. The number of aliphatic carboxylic acids is 1. The minimum atomic E-state index is -0.957. The quantitative estimate of drug-likeness (QED) is 0.897. The zero-order valence-electron chi connectivity index (χ0n) is 11.1. The van der Waals surface area contributed by atoms with Gasteiger partial charge in [-0.3, -0.25) is 4.79 Å². The lowest BCUT2D eigenvalue weighted by Gasteiger charge is -2.35. The van der Waals surface area contributed by atoms with Gasteiger partial charge in [-0.2, -0.15) is 0 Å². The van der Waals surface area contributed by atoms with E-state index in [1.165, 1.54) is 11.3 Å². The first kappa shape index (κ1) is 13.6. The highest BCUT2D eigenvalue weighted by Crippen LogP contribution is 2.25. The normalized spacial score (nSPS) is 23.4. The average Bonchev–Trinajstić information content (AvgIpc) is 2.86. The van der Waals surface area contributed by atoms with Crippen molar-refractivity contribution in [2.24, 2.45) is 5.92 Å². The van der Waals surface area contributed by atoms with Crippen LogP contribution in [-0.2, 0) is 11.2 Å². The number of nitrogens with zero attached hydrogens (tertiary/aromatic N) is 2. The summed E-state index contributed by atoms with van der Waals surface area (Å²) in [6.45, 7) is 4.32. The van der Waals surface area contributed by atoms with Gasteiger partial charge in [0.15, 0.2) is 12.1 Å². The summed E-state index contributed by atoms with van der Waals surface area (Å²) in [4.78, 5) is 29.0.